The molecule has 0 aromatic rings. The molecule has 0 aromatic carbocycles. The van der Waals surface area contributed by atoms with Crippen molar-refractivity contribution >= 4 is 0 Å². The third-order valence-electron chi connectivity index (χ3n) is 3.80. The van der Waals surface area contributed by atoms with Crippen molar-refractivity contribution < 1.29 is 0 Å². The molecule has 4 atom stereocenters. The van der Waals surface area contributed by atoms with E-state index in [0.717, 1.165) is 23.7 Å². The van der Waals surface area contributed by atoms with Crippen LogP contribution < -0.4 is 0 Å². The molecule has 0 saturated heterocycles. The molecule has 0 bridgehead atoms. The standard InChI is InChI=1S/C11H18/c1-4-7(3)10-9-6-8(5-2)11(9)10/h8-11H,3-6H2,1-2H3. The Balaban J connectivity index is 1.90. The molecule has 0 radical (unpaired) electrons. The van der Waals surface area contributed by atoms with E-state index in [1.807, 2.05) is 0 Å². The quantitative estimate of drug-likeness (QED) is 0.542. The monoisotopic (exact) mass is 150 g/mol. The molecule has 0 heterocycles. The predicted molar refractivity (Wildman–Crippen MR) is 48.3 cm³/mol. The van der Waals surface area contributed by atoms with Crippen LogP contribution >= 0.6 is 0 Å². The zero-order valence-electron chi connectivity index (χ0n) is 7.64. The first-order valence-corrected chi connectivity index (χ1v) is 4.97. The van der Waals surface area contributed by atoms with Gasteiger partial charge in [0.25, 0.3) is 0 Å². The van der Waals surface area contributed by atoms with Gasteiger partial charge in [-0.25, -0.2) is 0 Å². The van der Waals surface area contributed by atoms with Gasteiger partial charge in [-0.15, -0.1) is 0 Å². The van der Waals surface area contributed by atoms with E-state index in [0.29, 0.717) is 0 Å². The molecule has 0 aromatic heterocycles. The summed E-state index contributed by atoms with van der Waals surface area (Å²) in [4.78, 5) is 0. The van der Waals surface area contributed by atoms with Crippen molar-refractivity contribution in [1.82, 2.24) is 0 Å². The van der Waals surface area contributed by atoms with Gasteiger partial charge in [0.2, 0.25) is 0 Å². The second kappa shape index (κ2) is 2.36. The lowest BCUT2D eigenvalue weighted by Crippen LogP contribution is -2.13. The molecule has 2 rings (SSSR count). The maximum Gasteiger partial charge on any atom is -0.0141 e. The van der Waals surface area contributed by atoms with Crippen LogP contribution in [-0.4, -0.2) is 0 Å². The van der Waals surface area contributed by atoms with Gasteiger partial charge >= 0.3 is 0 Å². The molecule has 2 aliphatic carbocycles. The fourth-order valence-corrected chi connectivity index (χ4v) is 2.91. The molecule has 11 heavy (non-hydrogen) atoms. The molecule has 0 aliphatic heterocycles. The lowest BCUT2D eigenvalue weighted by Gasteiger charge is -2.21. The second-order valence-electron chi connectivity index (χ2n) is 4.18. The summed E-state index contributed by atoms with van der Waals surface area (Å²) in [5, 5.41) is 0. The molecular weight excluding hydrogens is 132 g/mol. The number of allylic oxidation sites excluding steroid dienone is 1. The van der Waals surface area contributed by atoms with Gasteiger partial charge in [-0.1, -0.05) is 32.4 Å². The molecule has 2 saturated carbocycles. The third-order valence-corrected chi connectivity index (χ3v) is 3.80. The molecule has 62 valence electrons. The van der Waals surface area contributed by atoms with Gasteiger partial charge in [-0.2, -0.15) is 0 Å². The van der Waals surface area contributed by atoms with Crippen molar-refractivity contribution in [2.75, 3.05) is 0 Å². The summed E-state index contributed by atoms with van der Waals surface area (Å²) >= 11 is 0. The minimum atomic E-state index is 0.949. The molecule has 0 nitrogen and oxygen atoms in total. The highest BCUT2D eigenvalue weighted by Gasteiger charge is 2.61. The van der Waals surface area contributed by atoms with Crippen LogP contribution in [-0.2, 0) is 0 Å². The Labute approximate surface area is 69.7 Å². The van der Waals surface area contributed by atoms with Gasteiger partial charge < -0.3 is 0 Å². The van der Waals surface area contributed by atoms with Crippen LogP contribution in [0.2, 0.25) is 0 Å². The Hall–Kier alpha value is -0.260. The summed E-state index contributed by atoms with van der Waals surface area (Å²) in [6.07, 6.45) is 4.10. The maximum absolute atomic E-state index is 4.14. The van der Waals surface area contributed by atoms with Crippen molar-refractivity contribution in [3.63, 3.8) is 0 Å². The highest BCUT2D eigenvalue weighted by Crippen LogP contribution is 2.68. The first-order valence-electron chi connectivity index (χ1n) is 4.97. The molecule has 0 N–H and O–H groups in total. The number of rotatable bonds is 3. The molecular formula is C11H18. The highest BCUT2D eigenvalue weighted by atomic mass is 14.7. The maximum atomic E-state index is 4.14. The van der Waals surface area contributed by atoms with Crippen LogP contribution in [0.5, 0.6) is 0 Å². The van der Waals surface area contributed by atoms with E-state index in [4.69, 9.17) is 0 Å². The summed E-state index contributed by atoms with van der Waals surface area (Å²) in [7, 11) is 0. The molecule has 0 amide bonds. The smallest absolute Gasteiger partial charge is 0.0141 e. The van der Waals surface area contributed by atoms with E-state index < -0.39 is 0 Å². The number of fused-ring (bicyclic) bond motifs is 1. The number of hydrogen-bond acceptors (Lipinski definition) is 0. The largest absolute Gasteiger partial charge is 0.0996 e. The summed E-state index contributed by atoms with van der Waals surface area (Å²) in [5.74, 6) is 4.16. The van der Waals surface area contributed by atoms with Crippen molar-refractivity contribution in [3.05, 3.63) is 12.2 Å². The van der Waals surface area contributed by atoms with E-state index in [1.54, 1.807) is 0 Å². The normalized spacial score (nSPS) is 46.0. The van der Waals surface area contributed by atoms with Crippen LogP contribution in [0.15, 0.2) is 12.2 Å². The lowest BCUT2D eigenvalue weighted by atomic mass is 9.84. The van der Waals surface area contributed by atoms with E-state index in [1.165, 1.54) is 24.8 Å². The van der Waals surface area contributed by atoms with Gasteiger partial charge in [0, 0.05) is 0 Å². The minimum Gasteiger partial charge on any atom is -0.0996 e. The summed E-state index contributed by atoms with van der Waals surface area (Å²) in [5.41, 5.74) is 1.52. The Morgan fingerprint density at radius 1 is 1.45 bits per heavy atom. The van der Waals surface area contributed by atoms with Gasteiger partial charge in [0.15, 0.2) is 0 Å². The Bertz CT molecular complexity index is 180. The van der Waals surface area contributed by atoms with Gasteiger partial charge in [0.05, 0.1) is 0 Å². The lowest BCUT2D eigenvalue weighted by molar-refractivity contribution is 0.280. The Kier molecular flexibility index (Phi) is 1.59. The van der Waals surface area contributed by atoms with Crippen LogP contribution in [0, 0.1) is 23.7 Å². The van der Waals surface area contributed by atoms with E-state index in [9.17, 15) is 0 Å². The van der Waals surface area contributed by atoms with Crippen molar-refractivity contribution in [1.29, 1.82) is 0 Å². The van der Waals surface area contributed by atoms with Crippen molar-refractivity contribution in [3.8, 4) is 0 Å². The predicted octanol–water partition coefficient (Wildman–Crippen LogP) is 3.24. The summed E-state index contributed by atoms with van der Waals surface area (Å²) < 4.78 is 0. The molecule has 2 fully saturated rings. The second-order valence-corrected chi connectivity index (χ2v) is 4.18. The van der Waals surface area contributed by atoms with E-state index in [2.05, 4.69) is 20.4 Å². The first kappa shape index (κ1) is 7.39. The molecule has 0 heteroatoms. The average Bonchev–Trinajstić information content (AvgIpc) is 2.56. The van der Waals surface area contributed by atoms with Gasteiger partial charge in [-0.3, -0.25) is 0 Å². The third kappa shape index (κ3) is 0.881. The fourth-order valence-electron chi connectivity index (χ4n) is 2.91. The highest BCUT2D eigenvalue weighted by molar-refractivity contribution is 5.22. The molecule has 2 aliphatic rings. The van der Waals surface area contributed by atoms with Crippen LogP contribution in [0.25, 0.3) is 0 Å². The zero-order chi connectivity index (χ0) is 8.01. The summed E-state index contributed by atoms with van der Waals surface area (Å²) in [6, 6.07) is 0. The fraction of sp³-hybridized carbons (Fsp3) is 0.818. The van der Waals surface area contributed by atoms with Crippen LogP contribution in [0.4, 0.5) is 0 Å². The van der Waals surface area contributed by atoms with Gasteiger partial charge in [0.1, 0.15) is 0 Å². The zero-order valence-corrected chi connectivity index (χ0v) is 7.64. The Morgan fingerprint density at radius 3 is 2.64 bits per heavy atom. The van der Waals surface area contributed by atoms with Crippen LogP contribution in [0.3, 0.4) is 0 Å². The summed E-state index contributed by atoms with van der Waals surface area (Å²) in [6.45, 7) is 8.71. The van der Waals surface area contributed by atoms with Crippen molar-refractivity contribution in [2.45, 2.75) is 33.1 Å². The number of hydrogen-bond donors (Lipinski definition) is 0. The first-order chi connectivity index (χ1) is 5.29. The topological polar surface area (TPSA) is 0 Å². The minimum absolute atomic E-state index is 0.949. The van der Waals surface area contributed by atoms with Gasteiger partial charge in [-0.05, 0) is 36.5 Å². The average molecular weight is 150 g/mol. The molecule has 0 spiro atoms. The van der Waals surface area contributed by atoms with E-state index in [-0.39, 0.29) is 0 Å². The van der Waals surface area contributed by atoms with E-state index >= 15 is 0 Å². The van der Waals surface area contributed by atoms with Crippen LogP contribution in [0.1, 0.15) is 33.1 Å². The molecule has 4 unspecified atom stereocenters. The SMILES string of the molecule is C=C(CC)C1C2CC(CC)C21. The van der Waals surface area contributed by atoms with Crippen molar-refractivity contribution in [2.24, 2.45) is 23.7 Å². The Morgan fingerprint density at radius 2 is 2.18 bits per heavy atom.